The third-order valence-electron chi connectivity index (χ3n) is 16.7. The van der Waals surface area contributed by atoms with Gasteiger partial charge in [0.2, 0.25) is 6.29 Å². The molecule has 4 saturated carbocycles. The first kappa shape index (κ1) is 40.9. The molecule has 2 saturated heterocycles. The van der Waals surface area contributed by atoms with Gasteiger partial charge in [0, 0.05) is 5.41 Å². The van der Waals surface area contributed by atoms with Crippen LogP contribution in [0, 0.1) is 56.7 Å². The highest BCUT2D eigenvalue weighted by Crippen LogP contribution is 2.75. The monoisotopic (exact) mass is 766 g/mol. The van der Waals surface area contributed by atoms with Crippen LogP contribution in [-0.2, 0) is 23.7 Å². The number of aliphatic hydroxyl groups excluding tert-OH is 8. The van der Waals surface area contributed by atoms with Gasteiger partial charge in [-0.1, -0.05) is 53.2 Å². The fourth-order valence-electron chi connectivity index (χ4n) is 13.6. The zero-order valence-electron chi connectivity index (χ0n) is 32.8. The second-order valence-corrected chi connectivity index (χ2v) is 20.0. The Morgan fingerprint density at radius 1 is 0.759 bits per heavy atom. The SMILES string of the molecule is CC1(C)CC(C(=O)OC2OC(CO)C(O)C(O)C2O)C2CCC3(C)C(=CCC4C5(C)CCC(OC6OC(CO)C(O)C6O)C(C)(CO)C5CCC43C)C2C1. The molecule has 2 heterocycles. The average Bonchev–Trinajstić information content (AvgIpc) is 3.40. The largest absolute Gasteiger partial charge is 0.432 e. The Morgan fingerprint density at radius 3 is 2.04 bits per heavy atom. The minimum atomic E-state index is -1.65. The van der Waals surface area contributed by atoms with Crippen LogP contribution in [0.2, 0.25) is 0 Å². The van der Waals surface area contributed by atoms with Crippen molar-refractivity contribution in [1.29, 1.82) is 0 Å². The van der Waals surface area contributed by atoms with Crippen molar-refractivity contribution in [3.8, 4) is 0 Å². The number of rotatable bonds is 7. The third-order valence-corrected chi connectivity index (χ3v) is 16.7. The second-order valence-electron chi connectivity index (χ2n) is 20.0. The van der Waals surface area contributed by atoms with Crippen molar-refractivity contribution in [2.24, 2.45) is 56.7 Å². The van der Waals surface area contributed by atoms with Crippen LogP contribution in [0.1, 0.15) is 99.3 Å². The number of ether oxygens (including phenoxy) is 4. The molecule has 0 aromatic carbocycles. The topological polar surface area (TPSA) is 216 Å². The van der Waals surface area contributed by atoms with Gasteiger partial charge in [-0.15, -0.1) is 0 Å². The van der Waals surface area contributed by atoms with E-state index < -0.39 is 91.9 Å². The zero-order valence-corrected chi connectivity index (χ0v) is 32.8. The lowest BCUT2D eigenvalue weighted by Gasteiger charge is -2.71. The summed E-state index contributed by atoms with van der Waals surface area (Å²) in [6, 6.07) is 0. The molecular formula is C41H66O13. The van der Waals surface area contributed by atoms with Crippen molar-refractivity contribution in [1.82, 2.24) is 0 Å². The molecule has 308 valence electrons. The number of aliphatic hydroxyl groups is 8. The molecule has 13 heteroatoms. The number of hydrogen-bond acceptors (Lipinski definition) is 13. The van der Waals surface area contributed by atoms with E-state index in [0.29, 0.717) is 18.8 Å². The smallest absolute Gasteiger partial charge is 0.311 e. The minimum absolute atomic E-state index is 0.0317. The molecule has 0 aromatic rings. The normalized spacial score (nSPS) is 54.0. The average molecular weight is 767 g/mol. The molecule has 6 fully saturated rings. The molecule has 54 heavy (non-hydrogen) atoms. The van der Waals surface area contributed by atoms with Crippen molar-refractivity contribution in [2.75, 3.05) is 19.8 Å². The van der Waals surface area contributed by atoms with Crippen LogP contribution in [0.25, 0.3) is 0 Å². The lowest BCUT2D eigenvalue weighted by Crippen LogP contribution is -2.65. The van der Waals surface area contributed by atoms with E-state index in [9.17, 15) is 45.6 Å². The van der Waals surface area contributed by atoms with Crippen molar-refractivity contribution < 1.29 is 64.6 Å². The summed E-state index contributed by atoms with van der Waals surface area (Å²) in [5.74, 6) is -0.284. The van der Waals surface area contributed by atoms with Gasteiger partial charge in [0.1, 0.15) is 42.7 Å². The Hall–Kier alpha value is -1.23. The summed E-state index contributed by atoms with van der Waals surface area (Å²) >= 11 is 0. The third kappa shape index (κ3) is 6.08. The molecule has 0 spiro atoms. The van der Waals surface area contributed by atoms with E-state index in [2.05, 4.69) is 47.6 Å². The molecule has 8 N–H and O–H groups in total. The standard InChI is InChI=1S/C41H66O13/c1-37(2)15-21-20(22(16-37)34(50)54-36-33(49)31(47)29(45)24(17-42)52-36)9-13-40(5)23(21)7-8-27-38(3)12-11-28(53-35-32(48)30(46)25(18-43)51-35)39(4,19-44)26(38)10-14-41(27,40)6/h7,20-22,24-33,35-36,42-49H,8-19H2,1-6H3. The quantitative estimate of drug-likeness (QED) is 0.137. The molecule has 0 aromatic heterocycles. The maximum absolute atomic E-state index is 14.0. The Bertz CT molecular complexity index is 1440. The molecule has 2 aliphatic heterocycles. The lowest BCUT2D eigenvalue weighted by molar-refractivity contribution is -0.295. The molecule has 0 bridgehead atoms. The van der Waals surface area contributed by atoms with Crippen LogP contribution in [-0.4, -0.2) is 128 Å². The summed E-state index contributed by atoms with van der Waals surface area (Å²) in [4.78, 5) is 14.0. The number of carbonyl (C=O) groups is 1. The van der Waals surface area contributed by atoms with Crippen LogP contribution >= 0.6 is 0 Å². The molecule has 0 amide bonds. The van der Waals surface area contributed by atoms with E-state index in [-0.39, 0.29) is 46.0 Å². The molecule has 19 atom stereocenters. The van der Waals surface area contributed by atoms with Gasteiger partial charge in [-0.3, -0.25) is 4.79 Å². The van der Waals surface area contributed by atoms with Crippen molar-refractivity contribution in [3.63, 3.8) is 0 Å². The Morgan fingerprint density at radius 2 is 1.39 bits per heavy atom. The highest BCUT2D eigenvalue weighted by molar-refractivity contribution is 5.73. The van der Waals surface area contributed by atoms with Crippen LogP contribution in [0.4, 0.5) is 0 Å². The molecule has 7 rings (SSSR count). The highest BCUT2D eigenvalue weighted by atomic mass is 16.7. The molecule has 5 aliphatic carbocycles. The number of hydrogen-bond donors (Lipinski definition) is 8. The van der Waals surface area contributed by atoms with Gasteiger partial charge in [0.25, 0.3) is 0 Å². The second kappa shape index (κ2) is 14.2. The number of esters is 1. The molecule has 7 aliphatic rings. The lowest BCUT2D eigenvalue weighted by atomic mass is 9.34. The maximum atomic E-state index is 14.0. The van der Waals surface area contributed by atoms with E-state index in [1.54, 1.807) is 0 Å². The van der Waals surface area contributed by atoms with Gasteiger partial charge >= 0.3 is 5.97 Å². The predicted molar refractivity (Wildman–Crippen MR) is 193 cm³/mol. The van der Waals surface area contributed by atoms with E-state index in [1.807, 2.05) is 0 Å². The van der Waals surface area contributed by atoms with Gasteiger partial charge in [-0.25, -0.2) is 0 Å². The fourth-order valence-corrected chi connectivity index (χ4v) is 13.6. The molecule has 0 radical (unpaired) electrons. The maximum Gasteiger partial charge on any atom is 0.311 e. The van der Waals surface area contributed by atoms with E-state index in [4.69, 9.17) is 18.9 Å². The van der Waals surface area contributed by atoms with Gasteiger partial charge in [0.15, 0.2) is 6.29 Å². The number of carbonyl (C=O) groups excluding carboxylic acids is 1. The molecule has 19 unspecified atom stereocenters. The summed E-state index contributed by atoms with van der Waals surface area (Å²) in [6.07, 6.45) is -2.37. The Balaban J connectivity index is 1.13. The fraction of sp³-hybridized carbons (Fsp3) is 0.927. The summed E-state index contributed by atoms with van der Waals surface area (Å²) in [7, 11) is 0. The molecule has 13 nitrogen and oxygen atoms in total. The first-order chi connectivity index (χ1) is 25.3. The predicted octanol–water partition coefficient (Wildman–Crippen LogP) is 1.78. The van der Waals surface area contributed by atoms with Gasteiger partial charge in [-0.2, -0.15) is 0 Å². The van der Waals surface area contributed by atoms with Crippen molar-refractivity contribution in [2.45, 2.75) is 161 Å². The van der Waals surface area contributed by atoms with Crippen LogP contribution in [0.5, 0.6) is 0 Å². The van der Waals surface area contributed by atoms with Gasteiger partial charge in [0.05, 0.1) is 31.8 Å². The first-order valence-corrected chi connectivity index (χ1v) is 20.4. The minimum Gasteiger partial charge on any atom is -0.432 e. The van der Waals surface area contributed by atoms with E-state index >= 15 is 0 Å². The van der Waals surface area contributed by atoms with Crippen molar-refractivity contribution >= 4 is 5.97 Å². The molecular weight excluding hydrogens is 700 g/mol. The first-order valence-electron chi connectivity index (χ1n) is 20.4. The van der Waals surface area contributed by atoms with Crippen molar-refractivity contribution in [3.05, 3.63) is 11.6 Å². The number of fused-ring (bicyclic) bond motifs is 7. The van der Waals surface area contributed by atoms with E-state index in [1.165, 1.54) is 5.57 Å². The zero-order chi connectivity index (χ0) is 39.3. The van der Waals surface area contributed by atoms with Crippen LogP contribution < -0.4 is 0 Å². The Labute approximate surface area is 319 Å². The van der Waals surface area contributed by atoms with Crippen LogP contribution in [0.15, 0.2) is 11.6 Å². The van der Waals surface area contributed by atoms with Gasteiger partial charge in [-0.05, 0) is 103 Å². The van der Waals surface area contributed by atoms with E-state index in [0.717, 1.165) is 44.9 Å². The highest BCUT2D eigenvalue weighted by Gasteiger charge is 2.69. The van der Waals surface area contributed by atoms with Gasteiger partial charge < -0.3 is 59.8 Å². The summed E-state index contributed by atoms with van der Waals surface area (Å²) in [6.45, 7) is 12.7. The summed E-state index contributed by atoms with van der Waals surface area (Å²) in [5.41, 5.74) is 0.358. The van der Waals surface area contributed by atoms with Crippen LogP contribution in [0.3, 0.4) is 0 Å². The number of allylic oxidation sites excluding steroid dienone is 2. The summed E-state index contributed by atoms with van der Waals surface area (Å²) in [5, 5.41) is 82.7. The summed E-state index contributed by atoms with van der Waals surface area (Å²) < 4.78 is 23.5. The Kier molecular flexibility index (Phi) is 10.8.